The maximum atomic E-state index is 11.6. The van der Waals surface area contributed by atoms with Crippen molar-refractivity contribution in [2.75, 3.05) is 13.7 Å². The highest BCUT2D eigenvalue weighted by atomic mass is 16.6. The number of hydrogen-bond acceptors (Lipinski definition) is 5. The first-order valence-electron chi connectivity index (χ1n) is 6.44. The maximum Gasteiger partial charge on any atom is 0.270 e. The molecule has 1 saturated heterocycles. The summed E-state index contributed by atoms with van der Waals surface area (Å²) >= 11 is 0. The Balaban J connectivity index is 2.08. The molecule has 1 amide bonds. The lowest BCUT2D eigenvalue weighted by Crippen LogP contribution is -2.47. The van der Waals surface area contributed by atoms with Gasteiger partial charge >= 0.3 is 0 Å². The van der Waals surface area contributed by atoms with Crippen LogP contribution in [0.1, 0.15) is 18.4 Å². The molecule has 1 heterocycles. The van der Waals surface area contributed by atoms with Crippen LogP contribution in [0.2, 0.25) is 0 Å². The Bertz CT molecular complexity index is 518. The monoisotopic (exact) mass is 279 g/mol. The molecule has 1 aromatic carbocycles. The SMILES string of the molecule is COc1ccc([N+](=O)[O-])cc1CNC1CCCNC1=O. The summed E-state index contributed by atoms with van der Waals surface area (Å²) in [5.41, 5.74) is 0.677. The first kappa shape index (κ1) is 14.3. The van der Waals surface area contributed by atoms with Gasteiger partial charge in [0.2, 0.25) is 5.91 Å². The number of nitro benzene ring substituents is 1. The van der Waals surface area contributed by atoms with E-state index in [-0.39, 0.29) is 17.6 Å². The van der Waals surface area contributed by atoms with Crippen LogP contribution in [-0.4, -0.2) is 30.5 Å². The zero-order valence-electron chi connectivity index (χ0n) is 11.2. The zero-order valence-corrected chi connectivity index (χ0v) is 11.2. The van der Waals surface area contributed by atoms with Crippen molar-refractivity contribution < 1.29 is 14.5 Å². The molecular weight excluding hydrogens is 262 g/mol. The molecule has 0 aliphatic carbocycles. The molecule has 20 heavy (non-hydrogen) atoms. The molecule has 2 N–H and O–H groups in total. The number of rotatable bonds is 5. The van der Waals surface area contributed by atoms with Gasteiger partial charge in [-0.3, -0.25) is 14.9 Å². The van der Waals surface area contributed by atoms with E-state index in [9.17, 15) is 14.9 Å². The molecule has 2 rings (SSSR count). The third-order valence-electron chi connectivity index (χ3n) is 3.30. The number of nitrogens with one attached hydrogen (secondary N) is 2. The van der Waals surface area contributed by atoms with Gasteiger partial charge in [-0.15, -0.1) is 0 Å². The second-order valence-electron chi connectivity index (χ2n) is 4.62. The number of nitro groups is 1. The summed E-state index contributed by atoms with van der Waals surface area (Å²) in [5, 5.41) is 16.7. The molecule has 7 nitrogen and oxygen atoms in total. The topological polar surface area (TPSA) is 93.5 Å². The van der Waals surface area contributed by atoms with Crippen molar-refractivity contribution in [2.45, 2.75) is 25.4 Å². The molecular formula is C13H17N3O4. The number of nitrogens with zero attached hydrogens (tertiary/aromatic N) is 1. The van der Waals surface area contributed by atoms with Crippen molar-refractivity contribution >= 4 is 11.6 Å². The van der Waals surface area contributed by atoms with Gasteiger partial charge in [0.15, 0.2) is 0 Å². The summed E-state index contributed by atoms with van der Waals surface area (Å²) in [7, 11) is 1.51. The van der Waals surface area contributed by atoms with Crippen LogP contribution in [0.25, 0.3) is 0 Å². The molecule has 0 radical (unpaired) electrons. The van der Waals surface area contributed by atoms with Crippen molar-refractivity contribution in [3.8, 4) is 5.75 Å². The number of piperidine rings is 1. The van der Waals surface area contributed by atoms with Crippen molar-refractivity contribution in [1.82, 2.24) is 10.6 Å². The highest BCUT2D eigenvalue weighted by Crippen LogP contribution is 2.24. The number of methoxy groups -OCH3 is 1. The molecule has 108 valence electrons. The summed E-state index contributed by atoms with van der Waals surface area (Å²) in [5.74, 6) is 0.542. The van der Waals surface area contributed by atoms with E-state index < -0.39 is 4.92 Å². The van der Waals surface area contributed by atoms with E-state index in [1.54, 1.807) is 6.07 Å². The molecule has 0 aromatic heterocycles. The van der Waals surface area contributed by atoms with Crippen LogP contribution < -0.4 is 15.4 Å². The molecule has 7 heteroatoms. The van der Waals surface area contributed by atoms with Crippen LogP contribution in [0.5, 0.6) is 5.75 Å². The van der Waals surface area contributed by atoms with Crippen molar-refractivity contribution in [3.63, 3.8) is 0 Å². The fourth-order valence-corrected chi connectivity index (χ4v) is 2.22. The van der Waals surface area contributed by atoms with Gasteiger partial charge in [-0.1, -0.05) is 0 Å². The van der Waals surface area contributed by atoms with Gasteiger partial charge in [-0.25, -0.2) is 0 Å². The average molecular weight is 279 g/mol. The Morgan fingerprint density at radius 3 is 3.00 bits per heavy atom. The van der Waals surface area contributed by atoms with Crippen LogP contribution >= 0.6 is 0 Å². The van der Waals surface area contributed by atoms with Crippen molar-refractivity contribution in [3.05, 3.63) is 33.9 Å². The number of benzene rings is 1. The third-order valence-corrected chi connectivity index (χ3v) is 3.30. The minimum absolute atomic E-state index is 0.00990. The predicted octanol–water partition coefficient (Wildman–Crippen LogP) is 0.972. The average Bonchev–Trinajstić information content (AvgIpc) is 2.46. The van der Waals surface area contributed by atoms with E-state index in [2.05, 4.69) is 10.6 Å². The van der Waals surface area contributed by atoms with Gasteiger partial charge in [0.25, 0.3) is 5.69 Å². The Morgan fingerprint density at radius 1 is 1.55 bits per heavy atom. The predicted molar refractivity (Wildman–Crippen MR) is 72.5 cm³/mol. The quantitative estimate of drug-likeness (QED) is 0.619. The molecule has 0 saturated carbocycles. The van der Waals surface area contributed by atoms with E-state index in [0.29, 0.717) is 24.4 Å². The van der Waals surface area contributed by atoms with Gasteiger partial charge in [-0.05, 0) is 18.9 Å². The Hall–Kier alpha value is -2.15. The molecule has 0 spiro atoms. The standard InChI is InChI=1S/C13H17N3O4/c1-20-12-5-4-10(16(18)19)7-9(12)8-15-11-3-2-6-14-13(11)17/h4-5,7,11,15H,2-3,6,8H2,1H3,(H,14,17). The van der Waals surface area contributed by atoms with Crippen LogP contribution in [0.3, 0.4) is 0 Å². The van der Waals surface area contributed by atoms with Crippen LogP contribution in [-0.2, 0) is 11.3 Å². The first-order chi connectivity index (χ1) is 9.61. The summed E-state index contributed by atoms with van der Waals surface area (Å²) in [6, 6.07) is 4.17. The summed E-state index contributed by atoms with van der Waals surface area (Å²) < 4.78 is 5.18. The normalized spacial score (nSPS) is 18.4. The van der Waals surface area contributed by atoms with Crippen molar-refractivity contribution in [1.29, 1.82) is 0 Å². The highest BCUT2D eigenvalue weighted by molar-refractivity contribution is 5.82. The van der Waals surface area contributed by atoms with Crippen LogP contribution in [0, 0.1) is 10.1 Å². The van der Waals surface area contributed by atoms with Gasteiger partial charge in [-0.2, -0.15) is 0 Å². The smallest absolute Gasteiger partial charge is 0.270 e. The molecule has 1 aromatic rings. The molecule has 1 aliphatic heterocycles. The van der Waals surface area contributed by atoms with E-state index >= 15 is 0 Å². The van der Waals surface area contributed by atoms with E-state index in [4.69, 9.17) is 4.74 Å². The number of amides is 1. The lowest BCUT2D eigenvalue weighted by Gasteiger charge is -2.23. The fraction of sp³-hybridized carbons (Fsp3) is 0.462. The number of carbonyl (C=O) groups is 1. The fourth-order valence-electron chi connectivity index (χ4n) is 2.22. The Labute approximate surface area is 116 Å². The van der Waals surface area contributed by atoms with Gasteiger partial charge in [0.05, 0.1) is 18.1 Å². The minimum Gasteiger partial charge on any atom is -0.496 e. The van der Waals surface area contributed by atoms with Crippen LogP contribution in [0.4, 0.5) is 5.69 Å². The van der Waals surface area contributed by atoms with E-state index in [1.807, 2.05) is 0 Å². The Kier molecular flexibility index (Phi) is 4.52. The second kappa shape index (κ2) is 6.33. The van der Waals surface area contributed by atoms with Gasteiger partial charge in [0.1, 0.15) is 5.75 Å². The second-order valence-corrected chi connectivity index (χ2v) is 4.62. The third kappa shape index (κ3) is 3.24. The lowest BCUT2D eigenvalue weighted by atomic mass is 10.1. The number of ether oxygens (including phenoxy) is 1. The van der Waals surface area contributed by atoms with E-state index in [1.165, 1.54) is 19.2 Å². The molecule has 1 fully saturated rings. The largest absolute Gasteiger partial charge is 0.496 e. The molecule has 1 unspecified atom stereocenters. The minimum atomic E-state index is -0.448. The maximum absolute atomic E-state index is 11.6. The summed E-state index contributed by atoms with van der Waals surface area (Å²) in [4.78, 5) is 22.0. The number of hydrogen-bond donors (Lipinski definition) is 2. The van der Waals surface area contributed by atoms with Gasteiger partial charge in [0, 0.05) is 30.8 Å². The number of carbonyl (C=O) groups excluding carboxylic acids is 1. The molecule has 0 bridgehead atoms. The molecule has 1 aliphatic rings. The van der Waals surface area contributed by atoms with E-state index in [0.717, 1.165) is 12.8 Å². The Morgan fingerprint density at radius 2 is 2.35 bits per heavy atom. The molecule has 1 atom stereocenters. The van der Waals surface area contributed by atoms with Gasteiger partial charge < -0.3 is 15.4 Å². The highest BCUT2D eigenvalue weighted by Gasteiger charge is 2.22. The van der Waals surface area contributed by atoms with Crippen molar-refractivity contribution in [2.24, 2.45) is 0 Å². The lowest BCUT2D eigenvalue weighted by molar-refractivity contribution is -0.384. The first-order valence-corrected chi connectivity index (χ1v) is 6.44. The zero-order chi connectivity index (χ0) is 14.5. The van der Waals surface area contributed by atoms with Crippen LogP contribution in [0.15, 0.2) is 18.2 Å². The number of non-ortho nitro benzene ring substituents is 1. The summed E-state index contributed by atoms with van der Waals surface area (Å²) in [6.45, 7) is 1.06. The summed E-state index contributed by atoms with van der Waals surface area (Å²) in [6.07, 6.45) is 1.69.